The van der Waals surface area contributed by atoms with E-state index in [-0.39, 0.29) is 20.9 Å². The van der Waals surface area contributed by atoms with Crippen LogP contribution < -0.4 is 4.72 Å². The molecule has 3 unspecified atom stereocenters. The van der Waals surface area contributed by atoms with Gasteiger partial charge in [0.2, 0.25) is 10.0 Å². The maximum atomic E-state index is 11.3. The second kappa shape index (κ2) is 9.31. The molecule has 11 heteroatoms. The second-order valence-electron chi connectivity index (χ2n) is 7.90. The van der Waals surface area contributed by atoms with Crippen LogP contribution in [0, 0.1) is 22.7 Å². The Hall–Kier alpha value is -1.19. The van der Waals surface area contributed by atoms with E-state index >= 15 is 0 Å². The third kappa shape index (κ3) is 4.94. The van der Waals surface area contributed by atoms with E-state index < -0.39 is 28.9 Å². The number of fused-ring (bicyclic) bond motifs is 2. The number of nitrogens with zero attached hydrogens (tertiary/aromatic N) is 1. The Morgan fingerprint density at radius 1 is 1.28 bits per heavy atom. The minimum absolute atomic E-state index is 0.0454. The quantitative estimate of drug-likeness (QED) is 0.419. The molecule has 2 bridgehead atoms. The third-order valence-electron chi connectivity index (χ3n) is 6.14. The topological polar surface area (TPSA) is 151 Å². The van der Waals surface area contributed by atoms with Gasteiger partial charge < -0.3 is 20.3 Å². The van der Waals surface area contributed by atoms with E-state index in [0.717, 1.165) is 19.3 Å². The number of aliphatic hydroxyl groups is 2. The highest BCUT2D eigenvalue weighted by Crippen LogP contribution is 2.65. The third-order valence-corrected chi connectivity index (χ3v) is 7.86. The number of rotatable bonds is 2. The summed E-state index contributed by atoms with van der Waals surface area (Å²) >= 11 is 5.68. The first-order valence-corrected chi connectivity index (χ1v) is 10.9. The Kier molecular flexibility index (Phi) is 8.30. The lowest BCUT2D eigenvalue weighted by Gasteiger charge is -2.68. The Bertz CT molecular complexity index is 862. The van der Waals surface area contributed by atoms with Crippen LogP contribution in [0.3, 0.4) is 0 Å². The summed E-state index contributed by atoms with van der Waals surface area (Å²) < 4.78 is 24.8. The zero-order valence-corrected chi connectivity index (χ0v) is 18.5. The van der Waals surface area contributed by atoms with E-state index in [1.165, 1.54) is 25.2 Å². The van der Waals surface area contributed by atoms with Crippen LogP contribution in [0.15, 0.2) is 23.1 Å². The van der Waals surface area contributed by atoms with Crippen molar-refractivity contribution >= 4 is 29.3 Å². The molecule has 0 heterocycles. The van der Waals surface area contributed by atoms with Crippen molar-refractivity contribution in [2.75, 3.05) is 7.05 Å². The molecule has 0 amide bonds. The zero-order chi connectivity index (χ0) is 22.7. The molecule has 0 spiro atoms. The van der Waals surface area contributed by atoms with Crippen LogP contribution >= 0.6 is 11.6 Å². The van der Waals surface area contributed by atoms with E-state index in [2.05, 4.69) is 18.6 Å². The molecule has 29 heavy (non-hydrogen) atoms. The molecular weight excluding hydrogens is 419 g/mol. The SMILES string of the molecule is CC1(O)CCC2CC1(O)C2(C)C.CNS(=O)(=O)c1ccc(C#N)c(Cl)c1.OBO. The van der Waals surface area contributed by atoms with Gasteiger partial charge in [0, 0.05) is 0 Å². The van der Waals surface area contributed by atoms with Gasteiger partial charge in [0.25, 0.3) is 0 Å². The number of benzene rings is 1. The molecule has 8 nitrogen and oxygen atoms in total. The fraction of sp³-hybridized carbons (Fsp3) is 0.611. The summed E-state index contributed by atoms with van der Waals surface area (Å²) in [4.78, 5) is 0.0454. The lowest BCUT2D eigenvalue weighted by Crippen LogP contribution is -2.74. The number of halogens is 1. The molecule has 3 aliphatic rings. The summed E-state index contributed by atoms with van der Waals surface area (Å²) in [5.74, 6) is 0.614. The standard InChI is InChI=1S/C10H18O2.C8H7ClN2O2S.BH3O2/c1-8(2)7-4-5-9(3,11)10(8,12)6-7;1-11-14(12,13)7-3-2-6(5-10)8(9)4-7;2-1-3/h7,11-12H,4-6H2,1-3H3;2-4,11H,1H3;1-3H. The molecule has 0 aliphatic heterocycles. The van der Waals surface area contributed by atoms with Gasteiger partial charge in [-0.05, 0) is 62.8 Å². The first kappa shape index (κ1) is 25.9. The molecule has 0 saturated heterocycles. The molecule has 0 radical (unpaired) electrons. The van der Waals surface area contributed by atoms with Crippen LogP contribution in [-0.2, 0) is 10.0 Å². The maximum Gasteiger partial charge on any atom is 0.432 e. The zero-order valence-electron chi connectivity index (χ0n) is 17.0. The Morgan fingerprint density at radius 2 is 1.83 bits per heavy atom. The van der Waals surface area contributed by atoms with Crippen molar-refractivity contribution in [3.63, 3.8) is 0 Å². The largest absolute Gasteiger partial charge is 0.432 e. The summed E-state index contributed by atoms with van der Waals surface area (Å²) in [7, 11) is -2.93. The summed E-state index contributed by atoms with van der Waals surface area (Å²) in [6.07, 6.45) is 2.59. The Balaban J connectivity index is 0.000000257. The van der Waals surface area contributed by atoms with E-state index in [1.54, 1.807) is 6.92 Å². The fourth-order valence-electron chi connectivity index (χ4n) is 3.99. The number of hydrogen-bond donors (Lipinski definition) is 5. The minimum Gasteiger partial charge on any atom is -0.430 e. The summed E-state index contributed by atoms with van der Waals surface area (Å²) in [6, 6.07) is 5.78. The van der Waals surface area contributed by atoms with Crippen LogP contribution in [0.2, 0.25) is 5.02 Å². The maximum absolute atomic E-state index is 11.3. The van der Waals surface area contributed by atoms with Crippen LogP contribution in [0.1, 0.15) is 45.6 Å². The van der Waals surface area contributed by atoms with Gasteiger partial charge in [-0.25, -0.2) is 13.1 Å². The lowest BCUT2D eigenvalue weighted by atomic mass is 9.41. The smallest absolute Gasteiger partial charge is 0.430 e. The average Bonchev–Trinajstić information content (AvgIpc) is 2.64. The number of sulfonamides is 1. The van der Waals surface area contributed by atoms with Gasteiger partial charge in [0.1, 0.15) is 6.07 Å². The second-order valence-corrected chi connectivity index (χ2v) is 10.2. The molecule has 3 saturated carbocycles. The van der Waals surface area contributed by atoms with Crippen molar-refractivity contribution in [1.29, 1.82) is 5.26 Å². The summed E-state index contributed by atoms with van der Waals surface area (Å²) in [6.45, 7) is 5.90. The molecule has 3 atom stereocenters. The highest BCUT2D eigenvalue weighted by Gasteiger charge is 2.69. The highest BCUT2D eigenvalue weighted by atomic mass is 35.5. The van der Waals surface area contributed by atoms with E-state index in [1.807, 2.05) is 6.07 Å². The molecule has 3 fully saturated rings. The van der Waals surface area contributed by atoms with Crippen molar-refractivity contribution in [2.45, 2.75) is 56.1 Å². The number of nitriles is 1. The Labute approximate surface area is 177 Å². The lowest BCUT2D eigenvalue weighted by molar-refractivity contribution is -0.312. The van der Waals surface area contributed by atoms with Gasteiger partial charge in [-0.15, -0.1) is 0 Å². The molecule has 5 N–H and O–H groups in total. The van der Waals surface area contributed by atoms with Gasteiger partial charge in [-0.3, -0.25) is 0 Å². The van der Waals surface area contributed by atoms with Crippen LogP contribution in [0.25, 0.3) is 0 Å². The first-order valence-electron chi connectivity index (χ1n) is 9.03. The minimum atomic E-state index is -3.49. The van der Waals surface area contributed by atoms with Crippen molar-refractivity contribution in [2.24, 2.45) is 11.3 Å². The Morgan fingerprint density at radius 3 is 2.17 bits per heavy atom. The van der Waals surface area contributed by atoms with Crippen LogP contribution in [0.4, 0.5) is 0 Å². The van der Waals surface area contributed by atoms with Gasteiger partial charge >= 0.3 is 7.69 Å². The molecule has 0 aromatic heterocycles. The highest BCUT2D eigenvalue weighted by molar-refractivity contribution is 7.89. The summed E-state index contributed by atoms with van der Waals surface area (Å²) in [5, 5.41) is 43.2. The van der Waals surface area contributed by atoms with E-state index in [4.69, 9.17) is 26.9 Å². The van der Waals surface area contributed by atoms with Crippen molar-refractivity contribution in [1.82, 2.24) is 4.72 Å². The first-order chi connectivity index (χ1) is 13.2. The molecular formula is C18H28BClN2O6S. The molecule has 1 aromatic carbocycles. The molecule has 1 aromatic rings. The number of nitrogens with one attached hydrogen (secondary N) is 1. The monoisotopic (exact) mass is 446 g/mol. The molecule has 4 rings (SSSR count). The number of hydrogen-bond acceptors (Lipinski definition) is 7. The van der Waals surface area contributed by atoms with Gasteiger partial charge in [-0.2, -0.15) is 5.26 Å². The van der Waals surface area contributed by atoms with Crippen molar-refractivity contribution in [3.8, 4) is 6.07 Å². The van der Waals surface area contributed by atoms with Crippen molar-refractivity contribution in [3.05, 3.63) is 28.8 Å². The van der Waals surface area contributed by atoms with Gasteiger partial charge in [-0.1, -0.05) is 25.4 Å². The molecule has 3 aliphatic carbocycles. The van der Waals surface area contributed by atoms with Crippen LogP contribution in [0.5, 0.6) is 0 Å². The fourth-order valence-corrected chi connectivity index (χ4v) is 5.04. The summed E-state index contributed by atoms with van der Waals surface area (Å²) in [5.41, 5.74) is -1.54. The normalized spacial score (nSPS) is 29.0. The van der Waals surface area contributed by atoms with E-state index in [9.17, 15) is 18.6 Å². The predicted octanol–water partition coefficient (Wildman–Crippen LogP) is 0.666. The van der Waals surface area contributed by atoms with E-state index in [0.29, 0.717) is 5.92 Å². The van der Waals surface area contributed by atoms with Crippen molar-refractivity contribution < 1.29 is 28.7 Å². The molecule has 162 valence electrons. The van der Waals surface area contributed by atoms with Crippen LogP contribution in [-0.4, -0.2) is 54.6 Å². The predicted molar refractivity (Wildman–Crippen MR) is 111 cm³/mol. The van der Waals surface area contributed by atoms with Gasteiger partial charge in [0.15, 0.2) is 0 Å². The van der Waals surface area contributed by atoms with Gasteiger partial charge in [0.05, 0.1) is 26.7 Å². The average molecular weight is 447 g/mol.